The Bertz CT molecular complexity index is 1140. The molecule has 1 unspecified atom stereocenters. The van der Waals surface area contributed by atoms with Crippen molar-refractivity contribution in [3.63, 3.8) is 0 Å². The van der Waals surface area contributed by atoms with Crippen molar-refractivity contribution in [3.8, 4) is 5.75 Å². The van der Waals surface area contributed by atoms with E-state index in [1.165, 1.54) is 11.0 Å². The van der Waals surface area contributed by atoms with Gasteiger partial charge in [-0.3, -0.25) is 14.7 Å². The maximum absolute atomic E-state index is 13.5. The number of nitrogens with zero attached hydrogens (tertiary/aromatic N) is 2. The van der Waals surface area contributed by atoms with E-state index in [1.807, 2.05) is 45.0 Å². The number of aromatic nitrogens is 2. The maximum atomic E-state index is 13.5. The van der Waals surface area contributed by atoms with Gasteiger partial charge in [-0.25, -0.2) is 0 Å². The molecule has 1 aliphatic heterocycles. The molecule has 0 radical (unpaired) electrons. The van der Waals surface area contributed by atoms with Crippen molar-refractivity contribution < 1.29 is 19.4 Å². The average molecular weight is 422 g/mol. The first kappa shape index (κ1) is 20.9. The van der Waals surface area contributed by atoms with Gasteiger partial charge in [0.2, 0.25) is 5.91 Å². The van der Waals surface area contributed by atoms with E-state index in [2.05, 4.69) is 15.5 Å². The lowest BCUT2D eigenvalue weighted by Crippen LogP contribution is -2.39. The largest absolute Gasteiger partial charge is 0.507 e. The van der Waals surface area contributed by atoms with Crippen LogP contribution in [-0.2, 0) is 22.7 Å². The van der Waals surface area contributed by atoms with Crippen molar-refractivity contribution in [3.05, 3.63) is 58.8 Å². The number of nitrogens with one attached hydrogen (secondary N) is 2. The molecule has 2 aromatic carbocycles. The molecule has 0 fully saturated rings. The third-order valence-corrected chi connectivity index (χ3v) is 5.40. The monoisotopic (exact) mass is 422 g/mol. The average Bonchev–Trinajstić information content (AvgIpc) is 3.32. The summed E-state index contributed by atoms with van der Waals surface area (Å²) in [6, 6.07) is 9.88. The quantitative estimate of drug-likeness (QED) is 0.566. The number of aromatic amines is 1. The summed E-state index contributed by atoms with van der Waals surface area (Å²) in [4.78, 5) is 27.8. The summed E-state index contributed by atoms with van der Waals surface area (Å²) in [5.41, 5.74) is 3.12. The molecule has 0 aliphatic carbocycles. The first-order valence-electron chi connectivity index (χ1n) is 10.4. The smallest absolute Gasteiger partial charge is 0.258 e. The van der Waals surface area contributed by atoms with Crippen LogP contribution in [0.4, 0.5) is 0 Å². The maximum Gasteiger partial charge on any atom is 0.258 e. The summed E-state index contributed by atoms with van der Waals surface area (Å²) >= 11 is 0. The van der Waals surface area contributed by atoms with E-state index in [9.17, 15) is 14.7 Å². The van der Waals surface area contributed by atoms with Gasteiger partial charge in [0.05, 0.1) is 29.5 Å². The zero-order valence-corrected chi connectivity index (χ0v) is 17.8. The fourth-order valence-electron chi connectivity index (χ4n) is 3.92. The zero-order chi connectivity index (χ0) is 22.1. The number of carbonyl (C=O) groups excluding carboxylic acids is 2. The number of H-pyrrole nitrogens is 1. The predicted molar refractivity (Wildman–Crippen MR) is 115 cm³/mol. The Morgan fingerprint density at radius 3 is 2.84 bits per heavy atom. The minimum Gasteiger partial charge on any atom is -0.507 e. The van der Waals surface area contributed by atoms with E-state index >= 15 is 0 Å². The molecule has 162 valence electrons. The third-order valence-electron chi connectivity index (χ3n) is 5.40. The minimum absolute atomic E-state index is 0.0332. The molecule has 0 spiro atoms. The highest BCUT2D eigenvalue weighted by atomic mass is 16.5. The lowest BCUT2D eigenvalue weighted by Gasteiger charge is -2.25. The van der Waals surface area contributed by atoms with Crippen molar-refractivity contribution in [1.29, 1.82) is 0 Å². The van der Waals surface area contributed by atoms with Gasteiger partial charge in [0, 0.05) is 24.5 Å². The summed E-state index contributed by atoms with van der Waals surface area (Å²) in [7, 11) is 0. The fourth-order valence-corrected chi connectivity index (χ4v) is 3.92. The van der Waals surface area contributed by atoms with Crippen LogP contribution in [0.25, 0.3) is 10.9 Å². The first-order valence-corrected chi connectivity index (χ1v) is 10.4. The molecule has 0 saturated heterocycles. The third kappa shape index (κ3) is 3.86. The number of aromatic hydroxyl groups is 1. The molecule has 3 aromatic rings. The fraction of sp³-hybridized carbons (Fsp3) is 0.348. The molecule has 1 atom stereocenters. The number of benzene rings is 2. The van der Waals surface area contributed by atoms with Gasteiger partial charge >= 0.3 is 0 Å². The van der Waals surface area contributed by atoms with Crippen molar-refractivity contribution >= 4 is 22.7 Å². The van der Waals surface area contributed by atoms with Gasteiger partial charge in [0.25, 0.3) is 5.91 Å². The highest BCUT2D eigenvalue weighted by molar-refractivity contribution is 6.03. The Morgan fingerprint density at radius 2 is 2.10 bits per heavy atom. The number of fused-ring (bicyclic) bond motifs is 2. The minimum atomic E-state index is -0.744. The van der Waals surface area contributed by atoms with Gasteiger partial charge in [-0.05, 0) is 38.0 Å². The summed E-state index contributed by atoms with van der Waals surface area (Å²) in [5.74, 6) is -0.817. The van der Waals surface area contributed by atoms with Crippen molar-refractivity contribution in [1.82, 2.24) is 20.4 Å². The molecule has 1 aromatic heterocycles. The number of ether oxygens (including phenoxy) is 1. The number of hydrogen-bond donors (Lipinski definition) is 3. The topological polar surface area (TPSA) is 108 Å². The molecular formula is C23H26N4O4. The molecule has 8 heteroatoms. The standard InChI is InChI=1S/C23H26N4O4/c1-4-24-22(29)21-15-8-6-5-7-14(15)11-27(21)23(30)17-9-16-18(10-20(17)28)25-26-19(16)12-31-13(2)3/h5-10,13,21,28H,4,11-12H2,1-3H3,(H,24,29)(H,25,26). The van der Waals surface area contributed by atoms with Gasteiger partial charge in [0.1, 0.15) is 11.8 Å². The van der Waals surface area contributed by atoms with Crippen LogP contribution < -0.4 is 5.32 Å². The summed E-state index contributed by atoms with van der Waals surface area (Å²) in [6.07, 6.45) is 0.0332. The molecule has 0 saturated carbocycles. The lowest BCUT2D eigenvalue weighted by atomic mass is 10.0. The molecule has 0 bridgehead atoms. The van der Waals surface area contributed by atoms with E-state index in [0.29, 0.717) is 29.7 Å². The van der Waals surface area contributed by atoms with E-state index in [1.54, 1.807) is 6.07 Å². The SMILES string of the molecule is CCNC(=O)C1c2ccccc2CN1C(=O)c1cc2c(COC(C)C)n[nH]c2cc1O. The van der Waals surface area contributed by atoms with Crippen molar-refractivity contribution in [2.45, 2.75) is 46.1 Å². The lowest BCUT2D eigenvalue weighted by molar-refractivity contribution is -0.125. The van der Waals surface area contributed by atoms with E-state index in [-0.39, 0.29) is 29.9 Å². The molecule has 1 aliphatic rings. The Kier molecular flexibility index (Phi) is 5.65. The number of amides is 2. The number of phenolic OH excluding ortho intramolecular Hbond substituents is 1. The van der Waals surface area contributed by atoms with Crippen molar-refractivity contribution in [2.75, 3.05) is 6.54 Å². The van der Waals surface area contributed by atoms with Gasteiger partial charge in [0.15, 0.2) is 0 Å². The van der Waals surface area contributed by atoms with E-state index in [4.69, 9.17) is 4.74 Å². The zero-order valence-electron chi connectivity index (χ0n) is 17.8. The van der Waals surface area contributed by atoms with Crippen LogP contribution in [0.2, 0.25) is 0 Å². The Balaban J connectivity index is 1.72. The molecule has 3 N–H and O–H groups in total. The van der Waals surface area contributed by atoms with E-state index < -0.39 is 11.9 Å². The second-order valence-electron chi connectivity index (χ2n) is 7.87. The van der Waals surface area contributed by atoms with Crippen molar-refractivity contribution in [2.24, 2.45) is 0 Å². The predicted octanol–water partition coefficient (Wildman–Crippen LogP) is 3.03. The second-order valence-corrected chi connectivity index (χ2v) is 7.87. The van der Waals surface area contributed by atoms with Gasteiger partial charge in [-0.2, -0.15) is 5.10 Å². The highest BCUT2D eigenvalue weighted by Crippen LogP contribution is 2.37. The summed E-state index contributed by atoms with van der Waals surface area (Å²) in [6.45, 7) is 6.75. The molecule has 31 heavy (non-hydrogen) atoms. The molecular weight excluding hydrogens is 396 g/mol. The normalized spacial score (nSPS) is 15.5. The molecule has 4 rings (SSSR count). The van der Waals surface area contributed by atoms with Gasteiger partial charge in [-0.1, -0.05) is 24.3 Å². The Labute approximate surface area is 180 Å². The number of hydrogen-bond acceptors (Lipinski definition) is 5. The number of rotatable bonds is 6. The van der Waals surface area contributed by atoms with Gasteiger partial charge < -0.3 is 20.1 Å². The van der Waals surface area contributed by atoms with Crippen LogP contribution >= 0.6 is 0 Å². The van der Waals surface area contributed by atoms with Crippen LogP contribution in [0.3, 0.4) is 0 Å². The van der Waals surface area contributed by atoms with Gasteiger partial charge in [-0.15, -0.1) is 0 Å². The second kappa shape index (κ2) is 8.39. The Hall–Kier alpha value is -3.39. The van der Waals surface area contributed by atoms with E-state index in [0.717, 1.165) is 11.1 Å². The van der Waals surface area contributed by atoms with Crippen LogP contribution in [-0.4, -0.2) is 44.7 Å². The molecule has 8 nitrogen and oxygen atoms in total. The Morgan fingerprint density at radius 1 is 1.32 bits per heavy atom. The van der Waals surface area contributed by atoms with Crippen LogP contribution in [0.5, 0.6) is 5.75 Å². The van der Waals surface area contributed by atoms with Crippen LogP contribution in [0.15, 0.2) is 36.4 Å². The van der Waals surface area contributed by atoms with Crippen LogP contribution in [0.1, 0.15) is 54.0 Å². The number of carbonyl (C=O) groups is 2. The first-order chi connectivity index (χ1) is 14.9. The number of phenols is 1. The highest BCUT2D eigenvalue weighted by Gasteiger charge is 2.39. The molecule has 2 amide bonds. The summed E-state index contributed by atoms with van der Waals surface area (Å²) < 4.78 is 5.65. The number of likely N-dealkylation sites (N-methyl/N-ethyl adjacent to an activating group) is 1. The molecule has 2 heterocycles. The summed E-state index contributed by atoms with van der Waals surface area (Å²) in [5, 5.41) is 21.2. The van der Waals surface area contributed by atoms with Crippen LogP contribution in [0, 0.1) is 0 Å².